The van der Waals surface area contributed by atoms with Crippen molar-refractivity contribution in [1.29, 1.82) is 0 Å². The van der Waals surface area contributed by atoms with Gasteiger partial charge < -0.3 is 35.4 Å². The smallest absolute Gasteiger partial charge is 0.256 e. The van der Waals surface area contributed by atoms with Crippen molar-refractivity contribution < 1.29 is 34.7 Å². The molecule has 23 heavy (non-hydrogen) atoms. The number of nitrogens with one attached hydrogen (secondary N) is 1. The summed E-state index contributed by atoms with van der Waals surface area (Å²) in [6.45, 7) is 1.75. The molecule has 0 saturated carbocycles. The Balaban J connectivity index is 2.07. The lowest BCUT2D eigenvalue weighted by Gasteiger charge is -2.40. The second-order valence-electron chi connectivity index (χ2n) is 5.53. The van der Waals surface area contributed by atoms with Gasteiger partial charge in [0, 0.05) is 6.92 Å². The first-order valence-electron chi connectivity index (χ1n) is 7.42. The molecule has 2 saturated heterocycles. The number of amides is 1. The number of hydrogen-bond acceptors (Lipinski definition) is 8. The van der Waals surface area contributed by atoms with E-state index in [4.69, 9.17) is 14.7 Å². The monoisotopic (exact) mass is 334 g/mol. The Hall–Kier alpha value is -1.69. The van der Waals surface area contributed by atoms with Crippen LogP contribution >= 0.6 is 0 Å². The van der Waals surface area contributed by atoms with E-state index in [1.165, 1.54) is 11.9 Å². The molecule has 2 fully saturated rings. The van der Waals surface area contributed by atoms with Crippen molar-refractivity contribution in [3.63, 3.8) is 0 Å². The van der Waals surface area contributed by atoms with Gasteiger partial charge >= 0.3 is 0 Å². The molecule has 0 aromatic heterocycles. The Morgan fingerprint density at radius 3 is 2.65 bits per heavy atom. The van der Waals surface area contributed by atoms with Gasteiger partial charge in [-0.3, -0.25) is 4.79 Å². The molecule has 2 aliphatic heterocycles. The Morgan fingerprint density at radius 1 is 1.43 bits per heavy atom. The molecule has 0 aromatic carbocycles. The molecule has 132 valence electrons. The lowest BCUT2D eigenvalue weighted by molar-refractivity contribution is -0.710. The first kappa shape index (κ1) is 17.7. The Morgan fingerprint density at radius 2 is 2.09 bits per heavy atom. The van der Waals surface area contributed by atoms with Crippen LogP contribution in [0, 0.1) is 5.21 Å². The summed E-state index contributed by atoms with van der Waals surface area (Å²) in [5.41, 5.74) is 0. The van der Waals surface area contributed by atoms with Crippen molar-refractivity contribution in [2.75, 3.05) is 19.7 Å². The lowest BCUT2D eigenvalue weighted by Crippen LogP contribution is -2.64. The molecule has 2 aliphatic rings. The van der Waals surface area contributed by atoms with E-state index in [2.05, 4.69) is 10.6 Å². The third kappa shape index (κ3) is 4.19. The summed E-state index contributed by atoms with van der Waals surface area (Å²) in [6.07, 6.45) is -3.56. The van der Waals surface area contributed by atoms with Crippen LogP contribution < -0.4 is 5.32 Å². The highest BCUT2D eigenvalue weighted by Gasteiger charge is 2.46. The van der Waals surface area contributed by atoms with Crippen molar-refractivity contribution in [1.82, 2.24) is 10.3 Å². The Labute approximate surface area is 132 Å². The maximum absolute atomic E-state index is 11.8. The third-order valence-electron chi connectivity index (χ3n) is 3.80. The highest BCUT2D eigenvalue weighted by atomic mass is 16.8. The van der Waals surface area contributed by atoms with Gasteiger partial charge in [0.2, 0.25) is 11.2 Å². The van der Waals surface area contributed by atoms with E-state index in [-0.39, 0.29) is 4.97 Å². The SMILES string of the molecule is CC(=O)NC1[C@H](O/N=[N+](\[O-])N2CCCC2)OC(CO)[C@@H](O)[C@@H]1O. The van der Waals surface area contributed by atoms with E-state index in [9.17, 15) is 20.2 Å². The normalized spacial score (nSPS) is 35.2. The van der Waals surface area contributed by atoms with Gasteiger partial charge in [-0.15, -0.1) is 5.01 Å². The third-order valence-corrected chi connectivity index (χ3v) is 3.80. The molecule has 0 radical (unpaired) electrons. The molecule has 0 aromatic rings. The Bertz CT molecular complexity index is 443. The molecule has 0 spiro atoms. The van der Waals surface area contributed by atoms with E-state index in [0.29, 0.717) is 13.1 Å². The minimum absolute atomic E-state index is 0.284. The van der Waals surface area contributed by atoms with Gasteiger partial charge in [0.1, 0.15) is 24.4 Å². The number of nitrogens with zero attached hydrogens (tertiary/aromatic N) is 3. The summed E-state index contributed by atoms with van der Waals surface area (Å²) >= 11 is 0. The minimum Gasteiger partial charge on any atom is -0.569 e. The van der Waals surface area contributed by atoms with Crippen molar-refractivity contribution >= 4 is 5.91 Å². The van der Waals surface area contributed by atoms with E-state index in [0.717, 1.165) is 12.8 Å². The first-order valence-corrected chi connectivity index (χ1v) is 7.42. The number of ether oxygens (including phenoxy) is 1. The summed E-state index contributed by atoms with van der Waals surface area (Å²) in [5, 5.41) is 48.0. The molecule has 0 aliphatic carbocycles. The number of carbonyl (C=O) groups excluding carboxylic acids is 1. The predicted molar refractivity (Wildman–Crippen MR) is 73.3 cm³/mol. The lowest BCUT2D eigenvalue weighted by atomic mass is 9.97. The molecule has 11 nitrogen and oxygen atoms in total. The largest absolute Gasteiger partial charge is 0.569 e. The average Bonchev–Trinajstić information content (AvgIpc) is 3.05. The van der Waals surface area contributed by atoms with Crippen LogP contribution in [-0.2, 0) is 14.4 Å². The number of rotatable bonds is 5. The van der Waals surface area contributed by atoms with Crippen LogP contribution in [0.2, 0.25) is 0 Å². The summed E-state index contributed by atoms with van der Waals surface area (Å²) in [6, 6.07) is -1.14. The average molecular weight is 334 g/mol. The van der Waals surface area contributed by atoms with Gasteiger partial charge in [0.05, 0.1) is 24.7 Å². The van der Waals surface area contributed by atoms with Gasteiger partial charge in [-0.1, -0.05) is 0 Å². The topological polar surface area (TPSA) is 150 Å². The maximum Gasteiger partial charge on any atom is 0.256 e. The predicted octanol–water partition coefficient (Wildman–Crippen LogP) is -2.16. The second-order valence-corrected chi connectivity index (χ2v) is 5.53. The molecular formula is C12H22N4O7. The minimum atomic E-state index is -1.45. The van der Waals surface area contributed by atoms with Gasteiger partial charge in [-0.05, 0) is 12.8 Å². The van der Waals surface area contributed by atoms with Gasteiger partial charge in [-0.2, -0.15) is 0 Å². The number of aliphatic hydroxyl groups excluding tert-OH is 3. The van der Waals surface area contributed by atoms with E-state index >= 15 is 0 Å². The van der Waals surface area contributed by atoms with Crippen LogP contribution in [0.4, 0.5) is 0 Å². The number of aliphatic hydroxyl groups is 3. The maximum atomic E-state index is 11.8. The van der Waals surface area contributed by atoms with Crippen LogP contribution in [0.5, 0.6) is 0 Å². The number of hydrazine groups is 1. The number of hydrogen-bond donors (Lipinski definition) is 4. The van der Waals surface area contributed by atoms with Crippen molar-refractivity contribution in [3.05, 3.63) is 5.21 Å². The number of carbonyl (C=O) groups is 1. The van der Waals surface area contributed by atoms with Crippen LogP contribution in [0.25, 0.3) is 0 Å². The second kappa shape index (κ2) is 7.73. The van der Waals surface area contributed by atoms with E-state index in [1.807, 2.05) is 0 Å². The van der Waals surface area contributed by atoms with Crippen LogP contribution in [-0.4, -0.2) is 81.5 Å². The molecule has 2 heterocycles. The fraction of sp³-hybridized carbons (Fsp3) is 0.917. The summed E-state index contributed by atoms with van der Waals surface area (Å²) in [7, 11) is 0. The van der Waals surface area contributed by atoms with E-state index < -0.39 is 43.2 Å². The van der Waals surface area contributed by atoms with Crippen molar-refractivity contribution in [2.45, 2.75) is 50.4 Å². The molecule has 4 N–H and O–H groups in total. The van der Waals surface area contributed by atoms with Crippen molar-refractivity contribution in [3.8, 4) is 0 Å². The highest BCUT2D eigenvalue weighted by Crippen LogP contribution is 2.22. The quantitative estimate of drug-likeness (QED) is 0.252. The molecule has 1 amide bonds. The summed E-state index contributed by atoms with van der Waals surface area (Å²) < 4.78 is 5.27. The zero-order chi connectivity index (χ0) is 17.0. The first-order chi connectivity index (χ1) is 10.9. The standard InChI is InChI=1S/C12H22N4O7/c1-7(18)13-9-11(20)10(19)8(6-17)22-12(9)23-14-16(21)15-4-2-3-5-15/h8-12,17,19-20H,2-6H2,1H3,(H,13,18)/b16-14-/t8?,9?,10-,11-,12+/m1/s1. The molecule has 2 rings (SSSR count). The molecule has 11 heteroatoms. The van der Waals surface area contributed by atoms with Crippen LogP contribution in [0.15, 0.2) is 5.28 Å². The molecule has 5 atom stereocenters. The van der Waals surface area contributed by atoms with Crippen molar-refractivity contribution in [2.24, 2.45) is 5.28 Å². The molecular weight excluding hydrogens is 312 g/mol. The van der Waals surface area contributed by atoms with Crippen LogP contribution in [0.1, 0.15) is 19.8 Å². The summed E-state index contributed by atoms with van der Waals surface area (Å²) in [4.78, 5) is 16.5. The highest BCUT2D eigenvalue weighted by molar-refractivity contribution is 5.73. The summed E-state index contributed by atoms with van der Waals surface area (Å²) in [5.74, 6) is -0.487. The molecule has 0 bridgehead atoms. The van der Waals surface area contributed by atoms with Gasteiger partial charge in [0.15, 0.2) is 0 Å². The fourth-order valence-corrected chi connectivity index (χ4v) is 2.57. The molecule has 2 unspecified atom stereocenters. The van der Waals surface area contributed by atoms with Gasteiger partial charge in [0.25, 0.3) is 6.29 Å². The van der Waals surface area contributed by atoms with Crippen LogP contribution in [0.3, 0.4) is 0 Å². The van der Waals surface area contributed by atoms with E-state index in [1.54, 1.807) is 0 Å². The fourth-order valence-electron chi connectivity index (χ4n) is 2.57. The van der Waals surface area contributed by atoms with Gasteiger partial charge in [-0.25, -0.2) is 0 Å². The zero-order valence-corrected chi connectivity index (χ0v) is 12.7. The zero-order valence-electron chi connectivity index (χ0n) is 12.7. The Kier molecular flexibility index (Phi) is 5.93.